The number of fused-ring (bicyclic) bond motifs is 3. The van der Waals surface area contributed by atoms with Gasteiger partial charge in [0.15, 0.2) is 0 Å². The topological polar surface area (TPSA) is 85.1 Å². The highest BCUT2D eigenvalue weighted by molar-refractivity contribution is 14.1. The Morgan fingerprint density at radius 1 is 0.514 bits per heavy atom. The molecule has 1 atom stereocenters. The molecule has 1 aliphatic carbocycles. The van der Waals surface area contributed by atoms with Crippen molar-refractivity contribution in [3.8, 4) is 22.3 Å². The van der Waals surface area contributed by atoms with Crippen molar-refractivity contribution in [2.75, 3.05) is 24.0 Å². The molecule has 8 heteroatoms. The summed E-state index contributed by atoms with van der Waals surface area (Å²) in [5.41, 5.74) is 22.3. The van der Waals surface area contributed by atoms with Gasteiger partial charge in [-0.2, -0.15) is 0 Å². The van der Waals surface area contributed by atoms with E-state index in [9.17, 15) is 9.59 Å². The number of nitrogens with two attached hydrogens (primary N) is 1. The summed E-state index contributed by atoms with van der Waals surface area (Å²) in [5, 5.41) is 0. The van der Waals surface area contributed by atoms with E-state index >= 15 is 0 Å². The van der Waals surface area contributed by atoms with Crippen LogP contribution in [0.5, 0.6) is 0 Å². The van der Waals surface area contributed by atoms with E-state index in [4.69, 9.17) is 15.2 Å². The number of benzene rings is 7. The first-order valence-electron chi connectivity index (χ1n) is 24.6. The Labute approximate surface area is 429 Å². The predicted octanol–water partition coefficient (Wildman–Crippen LogP) is 16.8. The van der Waals surface area contributed by atoms with Crippen LogP contribution in [0.1, 0.15) is 129 Å². The van der Waals surface area contributed by atoms with Crippen molar-refractivity contribution in [1.29, 1.82) is 0 Å². The summed E-state index contributed by atoms with van der Waals surface area (Å²) < 4.78 is 10.1. The molecule has 0 heterocycles. The molecule has 0 saturated heterocycles. The van der Waals surface area contributed by atoms with Crippen LogP contribution < -0.4 is 15.5 Å². The summed E-state index contributed by atoms with van der Waals surface area (Å²) in [4.78, 5) is 29.9. The van der Waals surface area contributed by atoms with Gasteiger partial charge in [0.05, 0.1) is 28.8 Å². The zero-order chi connectivity index (χ0) is 49.8. The smallest absolute Gasteiger partial charge is 0.337 e. The molecule has 0 aromatic heterocycles. The summed E-state index contributed by atoms with van der Waals surface area (Å²) in [7, 11) is 2.79. The summed E-state index contributed by atoms with van der Waals surface area (Å²) in [6.45, 7) is 13.2. The van der Waals surface area contributed by atoms with Crippen LogP contribution in [0.3, 0.4) is 0 Å². The number of anilines is 6. The molecule has 7 aromatic rings. The lowest BCUT2D eigenvalue weighted by molar-refractivity contribution is 0.0592. The van der Waals surface area contributed by atoms with Gasteiger partial charge < -0.3 is 25.0 Å². The molecule has 7 aromatic carbocycles. The van der Waals surface area contributed by atoms with Crippen LogP contribution in [-0.2, 0) is 23.8 Å². The van der Waals surface area contributed by atoms with E-state index in [1.807, 2.05) is 74.5 Å². The van der Waals surface area contributed by atoms with Gasteiger partial charge in [-0.05, 0) is 161 Å². The number of unbranched alkanes of at least 4 members (excludes halogenated alkanes) is 5. The van der Waals surface area contributed by atoms with Crippen LogP contribution in [-0.4, -0.2) is 26.2 Å². The standard InChI is InChI=1S/C62H66IN3O4/c1-9-10-11-12-13-14-37-62(63)56-40-43(23-35-54(56)55-36-26-47(41-57(55)62)60(2,3)4)42-21-27-48(28-22-42)65(52-19-15-17-44(38-52)58(67)69-7)50-31-33-51(34-32-50)66(49-29-24-46(25-30-49)61(5,6)64)53-20-16-18-45(39-53)59(68)70-8/h15-36,38-41H,9-14,37,64H2,1-8H3. The largest absolute Gasteiger partial charge is 0.465 e. The third-order valence-electron chi connectivity index (χ3n) is 13.7. The van der Waals surface area contributed by atoms with E-state index in [0.717, 1.165) is 51.7 Å². The summed E-state index contributed by atoms with van der Waals surface area (Å²) in [6.07, 6.45) is 8.71. The van der Waals surface area contributed by atoms with Gasteiger partial charge in [-0.15, -0.1) is 0 Å². The molecule has 0 aliphatic heterocycles. The second kappa shape index (κ2) is 21.0. The Hall–Kier alpha value is -6.23. The third-order valence-corrected chi connectivity index (χ3v) is 15.4. The van der Waals surface area contributed by atoms with Crippen LogP contribution in [0.15, 0.2) is 158 Å². The fourth-order valence-corrected chi connectivity index (χ4v) is 11.0. The van der Waals surface area contributed by atoms with Crippen molar-refractivity contribution in [3.63, 3.8) is 0 Å². The summed E-state index contributed by atoms with van der Waals surface area (Å²) in [5.74, 6) is -0.816. The molecule has 1 aliphatic rings. The molecule has 7 nitrogen and oxygen atoms in total. The molecule has 8 rings (SSSR count). The number of alkyl halides is 1. The van der Waals surface area contributed by atoms with E-state index in [2.05, 4.69) is 145 Å². The minimum Gasteiger partial charge on any atom is -0.465 e. The molecule has 1 unspecified atom stereocenters. The zero-order valence-electron chi connectivity index (χ0n) is 41.9. The average molecular weight is 1040 g/mol. The lowest BCUT2D eigenvalue weighted by Gasteiger charge is -2.29. The number of halogens is 1. The lowest BCUT2D eigenvalue weighted by atomic mass is 9.83. The molecule has 0 bridgehead atoms. The fourth-order valence-electron chi connectivity index (χ4n) is 9.69. The van der Waals surface area contributed by atoms with E-state index in [1.54, 1.807) is 12.1 Å². The number of hydrogen-bond donors (Lipinski definition) is 1. The normalized spacial score (nSPS) is 14.1. The van der Waals surface area contributed by atoms with Crippen molar-refractivity contribution in [3.05, 3.63) is 191 Å². The molecular formula is C62H66IN3O4. The minimum atomic E-state index is -0.513. The molecule has 360 valence electrons. The van der Waals surface area contributed by atoms with E-state index in [-0.39, 0.29) is 8.84 Å². The van der Waals surface area contributed by atoms with Gasteiger partial charge in [0.2, 0.25) is 0 Å². The van der Waals surface area contributed by atoms with E-state index < -0.39 is 17.5 Å². The van der Waals surface area contributed by atoms with Crippen LogP contribution in [0.25, 0.3) is 22.3 Å². The van der Waals surface area contributed by atoms with Gasteiger partial charge in [0, 0.05) is 39.7 Å². The molecule has 0 saturated carbocycles. The predicted molar refractivity (Wildman–Crippen MR) is 298 cm³/mol. The molecule has 0 fully saturated rings. The van der Waals surface area contributed by atoms with Gasteiger partial charge in [-0.3, -0.25) is 0 Å². The molecule has 0 amide bonds. The number of ether oxygens (including phenoxy) is 2. The number of methoxy groups -OCH3 is 2. The van der Waals surface area contributed by atoms with Crippen molar-refractivity contribution < 1.29 is 19.1 Å². The quantitative estimate of drug-likeness (QED) is 0.0421. The number of hydrogen-bond acceptors (Lipinski definition) is 7. The molecular weight excluding hydrogens is 978 g/mol. The second-order valence-corrected chi connectivity index (χ2v) is 22.0. The first-order chi connectivity index (χ1) is 33.5. The van der Waals surface area contributed by atoms with Gasteiger partial charge in [-0.1, -0.05) is 156 Å². The Kier molecular flexibility index (Phi) is 15.1. The fraction of sp³-hybridized carbons (Fsp3) is 0.290. The van der Waals surface area contributed by atoms with E-state index in [1.165, 1.54) is 86.1 Å². The number of rotatable bonds is 17. The first kappa shape index (κ1) is 50.2. The first-order valence-corrected chi connectivity index (χ1v) is 25.7. The number of esters is 2. The van der Waals surface area contributed by atoms with Crippen LogP contribution >= 0.6 is 22.6 Å². The maximum absolute atomic E-state index is 12.9. The number of carbonyl (C=O) groups excluding carboxylic acids is 2. The zero-order valence-corrected chi connectivity index (χ0v) is 44.1. The lowest BCUT2D eigenvalue weighted by Crippen LogP contribution is -2.28. The summed E-state index contributed by atoms with van der Waals surface area (Å²) in [6, 6.07) is 54.4. The second-order valence-electron chi connectivity index (χ2n) is 20.2. The van der Waals surface area contributed by atoms with E-state index in [0.29, 0.717) is 11.1 Å². The number of nitrogens with zero attached hydrogens (tertiary/aromatic N) is 2. The minimum absolute atomic E-state index is 0.0558. The van der Waals surface area contributed by atoms with Gasteiger partial charge in [-0.25, -0.2) is 9.59 Å². The van der Waals surface area contributed by atoms with Crippen molar-refractivity contribution in [2.24, 2.45) is 5.73 Å². The third kappa shape index (κ3) is 10.6. The van der Waals surface area contributed by atoms with Crippen molar-refractivity contribution >= 4 is 68.7 Å². The van der Waals surface area contributed by atoms with Crippen LogP contribution in [0.2, 0.25) is 0 Å². The Morgan fingerprint density at radius 3 is 1.43 bits per heavy atom. The van der Waals surface area contributed by atoms with Crippen LogP contribution in [0, 0.1) is 0 Å². The molecule has 0 radical (unpaired) electrons. The van der Waals surface area contributed by atoms with Gasteiger partial charge in [0.1, 0.15) is 0 Å². The molecule has 0 spiro atoms. The van der Waals surface area contributed by atoms with Crippen molar-refractivity contribution in [2.45, 2.75) is 101 Å². The molecule has 2 N–H and O–H groups in total. The Bertz CT molecular complexity index is 2970. The monoisotopic (exact) mass is 1040 g/mol. The van der Waals surface area contributed by atoms with Gasteiger partial charge in [0.25, 0.3) is 0 Å². The summed E-state index contributed by atoms with van der Waals surface area (Å²) >= 11 is 2.79. The van der Waals surface area contributed by atoms with Crippen molar-refractivity contribution in [1.82, 2.24) is 0 Å². The van der Waals surface area contributed by atoms with Gasteiger partial charge >= 0.3 is 11.9 Å². The number of carbonyl (C=O) groups is 2. The SMILES string of the molecule is CCCCCCCCC1(I)c2cc(-c3ccc(N(c4ccc(N(c5ccc(C(C)(C)N)cc5)c5cccc(C(=O)OC)c5)cc4)c4cccc(C(=O)OC)c4)cc3)ccc2-c2ccc(C(C)(C)C)cc21. The maximum atomic E-state index is 12.9. The average Bonchev–Trinajstić information content (AvgIpc) is 3.61. The molecule has 70 heavy (non-hydrogen) atoms. The van der Waals surface area contributed by atoms with Crippen LogP contribution in [0.4, 0.5) is 34.1 Å². The maximum Gasteiger partial charge on any atom is 0.337 e. The highest BCUT2D eigenvalue weighted by Gasteiger charge is 2.41. The highest BCUT2D eigenvalue weighted by atomic mass is 127. The highest BCUT2D eigenvalue weighted by Crippen LogP contribution is 2.57. The Morgan fingerprint density at radius 2 is 0.943 bits per heavy atom. The Balaban J connectivity index is 1.17.